The van der Waals surface area contributed by atoms with Crippen molar-refractivity contribution in [1.29, 1.82) is 0 Å². The smallest absolute Gasteiger partial charge is 0.0496 e. The summed E-state index contributed by atoms with van der Waals surface area (Å²) >= 11 is 1.97. The van der Waals surface area contributed by atoms with Gasteiger partial charge in [-0.3, -0.25) is 0 Å². The van der Waals surface area contributed by atoms with E-state index in [1.54, 1.807) is 0 Å². The van der Waals surface area contributed by atoms with E-state index in [-0.39, 0.29) is 0 Å². The van der Waals surface area contributed by atoms with E-state index in [0.717, 1.165) is 6.42 Å². The Bertz CT molecular complexity index is 430. The quantitative estimate of drug-likeness (QED) is 0.628. The highest BCUT2D eigenvalue weighted by molar-refractivity contribution is 8.04. The van der Waals surface area contributed by atoms with Crippen LogP contribution >= 0.6 is 11.8 Å². The van der Waals surface area contributed by atoms with Crippen LogP contribution < -0.4 is 0 Å². The average Bonchev–Trinajstić information content (AvgIpc) is 2.84. The van der Waals surface area contributed by atoms with Gasteiger partial charge in [-0.1, -0.05) is 42.9 Å². The van der Waals surface area contributed by atoms with Crippen molar-refractivity contribution in [3.63, 3.8) is 0 Å². The molecule has 0 spiro atoms. The van der Waals surface area contributed by atoms with Gasteiger partial charge >= 0.3 is 0 Å². The Morgan fingerprint density at radius 3 is 2.94 bits per heavy atom. The Labute approximate surface area is 103 Å². The van der Waals surface area contributed by atoms with Gasteiger partial charge in [0.05, 0.1) is 0 Å². The molecule has 0 fully saturated rings. The highest BCUT2D eigenvalue weighted by atomic mass is 32.2. The molecule has 0 amide bonds. The lowest BCUT2D eigenvalue weighted by Crippen LogP contribution is -1.99. The first kappa shape index (κ1) is 11.5. The molecule has 1 atom stereocenters. The molecule has 0 saturated carbocycles. The van der Waals surface area contributed by atoms with Crippen LogP contribution in [0.1, 0.15) is 27.2 Å². The zero-order chi connectivity index (χ0) is 11.5. The van der Waals surface area contributed by atoms with Crippen molar-refractivity contribution in [2.24, 2.45) is 0 Å². The predicted octanol–water partition coefficient (Wildman–Crippen LogP) is 4.78. The van der Waals surface area contributed by atoms with Crippen molar-refractivity contribution < 1.29 is 0 Å². The standard InChI is InChI=1S/C15H18S/c1-4-7-12(5-2)11(3)15-10-13-8-6-9-14(13)16-15/h4,6-10,15H,5H2,1-3H3. The lowest BCUT2D eigenvalue weighted by Gasteiger charge is -2.12. The maximum Gasteiger partial charge on any atom is 0.0496 e. The van der Waals surface area contributed by atoms with Gasteiger partial charge in [-0.15, -0.1) is 11.8 Å². The zero-order valence-corrected chi connectivity index (χ0v) is 11.0. The molecule has 0 radical (unpaired) electrons. The van der Waals surface area contributed by atoms with Crippen molar-refractivity contribution in [2.45, 2.75) is 32.4 Å². The number of thioether (sulfide) groups is 1. The number of fused-ring (bicyclic) bond motifs is 1. The first-order chi connectivity index (χ1) is 7.76. The molecule has 1 unspecified atom stereocenters. The molecule has 0 N–H and O–H groups in total. The Morgan fingerprint density at radius 2 is 2.31 bits per heavy atom. The molecule has 1 aliphatic carbocycles. The van der Waals surface area contributed by atoms with Crippen LogP contribution in [0.2, 0.25) is 0 Å². The number of rotatable bonds is 3. The molecule has 0 bridgehead atoms. The third-order valence-corrected chi connectivity index (χ3v) is 4.44. The molecule has 2 aliphatic rings. The Hall–Kier alpha value is -0.950. The molecule has 0 aromatic heterocycles. The third kappa shape index (κ3) is 2.10. The Kier molecular flexibility index (Phi) is 3.55. The summed E-state index contributed by atoms with van der Waals surface area (Å²) in [5.41, 5.74) is 4.38. The minimum Gasteiger partial charge on any atom is -0.113 e. The van der Waals surface area contributed by atoms with E-state index < -0.39 is 0 Å². The summed E-state index contributed by atoms with van der Waals surface area (Å²) in [5, 5.41) is 0.539. The molecule has 1 heterocycles. The highest BCUT2D eigenvalue weighted by Gasteiger charge is 2.23. The van der Waals surface area contributed by atoms with E-state index in [9.17, 15) is 0 Å². The molecular weight excluding hydrogens is 212 g/mol. The second kappa shape index (κ2) is 4.92. The summed E-state index contributed by atoms with van der Waals surface area (Å²) in [5.74, 6) is 0. The molecule has 0 aromatic rings. The van der Waals surface area contributed by atoms with Crippen molar-refractivity contribution in [3.8, 4) is 0 Å². The van der Waals surface area contributed by atoms with E-state index in [1.807, 2.05) is 11.8 Å². The average molecular weight is 230 g/mol. The van der Waals surface area contributed by atoms with Gasteiger partial charge in [-0.05, 0) is 37.5 Å². The molecule has 0 aromatic carbocycles. The van der Waals surface area contributed by atoms with Gasteiger partial charge in [-0.25, -0.2) is 0 Å². The lowest BCUT2D eigenvalue weighted by molar-refractivity contribution is 1.07. The normalized spacial score (nSPS) is 24.6. The van der Waals surface area contributed by atoms with Gasteiger partial charge in [0.1, 0.15) is 0 Å². The van der Waals surface area contributed by atoms with Gasteiger partial charge < -0.3 is 0 Å². The van der Waals surface area contributed by atoms with E-state index in [2.05, 4.69) is 57.2 Å². The number of hydrogen-bond acceptors (Lipinski definition) is 1. The minimum atomic E-state index is 0.539. The van der Waals surface area contributed by atoms with Gasteiger partial charge in [0.15, 0.2) is 0 Å². The maximum atomic E-state index is 2.38. The fraction of sp³-hybridized carbons (Fsp3) is 0.333. The van der Waals surface area contributed by atoms with Crippen LogP contribution in [0, 0.1) is 0 Å². The largest absolute Gasteiger partial charge is 0.113 e. The zero-order valence-electron chi connectivity index (χ0n) is 10.2. The van der Waals surface area contributed by atoms with Crippen molar-refractivity contribution in [1.82, 2.24) is 0 Å². The Morgan fingerprint density at radius 1 is 1.50 bits per heavy atom. The fourth-order valence-electron chi connectivity index (χ4n) is 2.12. The fourth-order valence-corrected chi connectivity index (χ4v) is 3.37. The van der Waals surface area contributed by atoms with Gasteiger partial charge in [0.25, 0.3) is 0 Å². The van der Waals surface area contributed by atoms with Crippen LogP contribution in [0.15, 0.2) is 58.1 Å². The summed E-state index contributed by atoms with van der Waals surface area (Å²) in [4.78, 5) is 1.43. The molecule has 1 heteroatoms. The van der Waals surface area contributed by atoms with Crippen molar-refractivity contribution in [3.05, 3.63) is 58.1 Å². The van der Waals surface area contributed by atoms with Crippen LogP contribution in [0.5, 0.6) is 0 Å². The summed E-state index contributed by atoms with van der Waals surface area (Å²) in [7, 11) is 0. The monoisotopic (exact) mass is 230 g/mol. The third-order valence-electron chi connectivity index (χ3n) is 3.07. The second-order valence-corrected chi connectivity index (χ2v) is 5.30. The first-order valence-corrected chi connectivity index (χ1v) is 6.73. The second-order valence-electron chi connectivity index (χ2n) is 4.11. The van der Waals surface area contributed by atoms with Gasteiger partial charge in [0.2, 0.25) is 0 Å². The van der Waals surface area contributed by atoms with Crippen molar-refractivity contribution in [2.75, 3.05) is 0 Å². The summed E-state index contributed by atoms with van der Waals surface area (Å²) in [6.07, 6.45) is 14.4. The molecule has 2 rings (SSSR count). The maximum absolute atomic E-state index is 2.38. The minimum absolute atomic E-state index is 0.539. The van der Waals surface area contributed by atoms with E-state index in [0.29, 0.717) is 5.25 Å². The molecule has 84 valence electrons. The molecular formula is C15H18S. The summed E-state index contributed by atoms with van der Waals surface area (Å²) in [6.45, 7) is 6.58. The number of allylic oxidation sites excluding steroid dienone is 7. The van der Waals surface area contributed by atoms with Gasteiger partial charge in [-0.2, -0.15) is 0 Å². The van der Waals surface area contributed by atoms with E-state index >= 15 is 0 Å². The summed E-state index contributed by atoms with van der Waals surface area (Å²) in [6, 6.07) is 0. The van der Waals surface area contributed by atoms with Crippen LogP contribution in [0.3, 0.4) is 0 Å². The van der Waals surface area contributed by atoms with Crippen molar-refractivity contribution >= 4 is 11.8 Å². The predicted molar refractivity (Wildman–Crippen MR) is 74.5 cm³/mol. The Balaban J connectivity index is 2.24. The summed E-state index contributed by atoms with van der Waals surface area (Å²) < 4.78 is 0. The molecule has 0 saturated heterocycles. The molecule has 0 nitrogen and oxygen atoms in total. The van der Waals surface area contributed by atoms with Crippen LogP contribution in [-0.4, -0.2) is 5.25 Å². The molecule has 16 heavy (non-hydrogen) atoms. The van der Waals surface area contributed by atoms with Crippen LogP contribution in [-0.2, 0) is 0 Å². The van der Waals surface area contributed by atoms with Crippen LogP contribution in [0.4, 0.5) is 0 Å². The topological polar surface area (TPSA) is 0 Å². The highest BCUT2D eigenvalue weighted by Crippen LogP contribution is 2.43. The van der Waals surface area contributed by atoms with Gasteiger partial charge in [0, 0.05) is 10.2 Å². The first-order valence-electron chi connectivity index (χ1n) is 5.85. The number of hydrogen-bond donors (Lipinski definition) is 0. The SMILES string of the molecule is CC=CC(CC)=C(C)C1C=C2C=CC=C2S1. The van der Waals surface area contributed by atoms with E-state index in [1.165, 1.54) is 21.6 Å². The van der Waals surface area contributed by atoms with E-state index in [4.69, 9.17) is 0 Å². The lowest BCUT2D eigenvalue weighted by atomic mass is 10.0. The van der Waals surface area contributed by atoms with Crippen LogP contribution in [0.25, 0.3) is 0 Å². The molecule has 1 aliphatic heterocycles.